The summed E-state index contributed by atoms with van der Waals surface area (Å²) in [4.78, 5) is 21.3. The third-order valence-corrected chi connectivity index (χ3v) is 4.34. The van der Waals surface area contributed by atoms with Gasteiger partial charge in [0, 0.05) is 24.1 Å². The van der Waals surface area contributed by atoms with Crippen LogP contribution in [-0.4, -0.2) is 34.8 Å². The molecule has 2 aromatic heterocycles. The molecule has 0 saturated heterocycles. The lowest BCUT2D eigenvalue weighted by atomic mass is 10.2. The Morgan fingerprint density at radius 3 is 3.13 bits per heavy atom. The number of hydrogen-bond donors (Lipinski definition) is 1. The van der Waals surface area contributed by atoms with E-state index in [1.165, 1.54) is 22.2 Å². The molecule has 0 amide bonds. The van der Waals surface area contributed by atoms with Crippen LogP contribution in [0.5, 0.6) is 0 Å². The van der Waals surface area contributed by atoms with Gasteiger partial charge in [0.2, 0.25) is 0 Å². The first kappa shape index (κ1) is 15.9. The molecular weight excluding hydrogens is 336 g/mol. The summed E-state index contributed by atoms with van der Waals surface area (Å²) in [6, 6.07) is 5.10. The number of nitrogens with one attached hydrogen (secondary N) is 1. The molecule has 0 bridgehead atoms. The van der Waals surface area contributed by atoms with Crippen LogP contribution in [-0.2, 0) is 11.3 Å². The van der Waals surface area contributed by atoms with Crippen molar-refractivity contribution in [3.05, 3.63) is 51.0 Å². The number of aromatic nitrogens is 3. The molecule has 0 radical (unpaired) electrons. The molecule has 0 saturated carbocycles. The molecule has 0 fully saturated rings. The minimum absolute atomic E-state index is 0.126. The Balaban J connectivity index is 1.81. The smallest absolute Gasteiger partial charge is 0.261 e. The maximum atomic E-state index is 12.5. The van der Waals surface area contributed by atoms with Gasteiger partial charge in [0.05, 0.1) is 36.1 Å². The largest absolute Gasteiger partial charge is 0.383 e. The van der Waals surface area contributed by atoms with E-state index in [1.807, 2.05) is 5.38 Å². The molecule has 0 spiro atoms. The predicted molar refractivity (Wildman–Crippen MR) is 92.6 cm³/mol. The van der Waals surface area contributed by atoms with Crippen molar-refractivity contribution in [3.63, 3.8) is 0 Å². The average molecular weight is 351 g/mol. The van der Waals surface area contributed by atoms with E-state index in [4.69, 9.17) is 16.3 Å². The van der Waals surface area contributed by atoms with Gasteiger partial charge in [-0.25, -0.2) is 9.97 Å². The first-order chi connectivity index (χ1) is 11.2. The van der Waals surface area contributed by atoms with Gasteiger partial charge in [-0.05, 0) is 18.2 Å². The Morgan fingerprint density at radius 2 is 2.30 bits per heavy atom. The molecule has 120 valence electrons. The lowest BCUT2D eigenvalue weighted by Gasteiger charge is -2.05. The summed E-state index contributed by atoms with van der Waals surface area (Å²) < 4.78 is 6.52. The second-order valence-corrected chi connectivity index (χ2v) is 6.20. The number of rotatable bonds is 6. The van der Waals surface area contributed by atoms with E-state index >= 15 is 0 Å². The fourth-order valence-corrected chi connectivity index (χ4v) is 3.04. The van der Waals surface area contributed by atoms with Gasteiger partial charge in [-0.1, -0.05) is 11.6 Å². The van der Waals surface area contributed by atoms with Crippen molar-refractivity contribution in [2.45, 2.75) is 6.54 Å². The van der Waals surface area contributed by atoms with Crippen LogP contribution in [0.2, 0.25) is 5.02 Å². The maximum absolute atomic E-state index is 12.5. The predicted octanol–water partition coefficient (Wildman–Crippen LogP) is 2.61. The van der Waals surface area contributed by atoms with E-state index in [-0.39, 0.29) is 5.56 Å². The fourth-order valence-electron chi connectivity index (χ4n) is 2.14. The summed E-state index contributed by atoms with van der Waals surface area (Å²) in [5.41, 5.74) is 1.32. The van der Waals surface area contributed by atoms with E-state index in [0.717, 1.165) is 10.8 Å². The maximum Gasteiger partial charge on any atom is 0.261 e. The number of nitrogens with zero attached hydrogens (tertiary/aromatic N) is 3. The van der Waals surface area contributed by atoms with E-state index < -0.39 is 0 Å². The van der Waals surface area contributed by atoms with Crippen molar-refractivity contribution < 1.29 is 4.74 Å². The van der Waals surface area contributed by atoms with E-state index in [2.05, 4.69) is 15.3 Å². The highest BCUT2D eigenvalue weighted by Crippen LogP contribution is 2.17. The van der Waals surface area contributed by atoms with Gasteiger partial charge >= 0.3 is 0 Å². The Hall–Kier alpha value is -1.96. The standard InChI is InChI=1S/C15H15ClN4O2S/c1-22-5-4-17-15-19-11(8-23-15)7-20-9-18-13-3-2-10(16)6-12(13)14(20)21/h2-3,6,8-9H,4-5,7H2,1H3,(H,17,19). The molecule has 0 unspecified atom stereocenters. The van der Waals surface area contributed by atoms with Gasteiger partial charge in [-0.3, -0.25) is 9.36 Å². The molecule has 8 heteroatoms. The lowest BCUT2D eigenvalue weighted by Crippen LogP contribution is -2.21. The topological polar surface area (TPSA) is 69.0 Å². The van der Waals surface area contributed by atoms with Gasteiger partial charge in [-0.2, -0.15) is 0 Å². The fraction of sp³-hybridized carbons (Fsp3) is 0.267. The van der Waals surface area contributed by atoms with Gasteiger partial charge in [0.25, 0.3) is 5.56 Å². The second-order valence-electron chi connectivity index (χ2n) is 4.90. The summed E-state index contributed by atoms with van der Waals surface area (Å²) >= 11 is 7.46. The molecule has 1 N–H and O–H groups in total. The highest BCUT2D eigenvalue weighted by molar-refractivity contribution is 7.13. The van der Waals surface area contributed by atoms with E-state index in [1.54, 1.807) is 25.3 Å². The van der Waals surface area contributed by atoms with Crippen LogP contribution in [0.4, 0.5) is 5.13 Å². The number of ether oxygens (including phenoxy) is 1. The number of benzene rings is 1. The summed E-state index contributed by atoms with van der Waals surface area (Å²) in [5, 5.41) is 6.92. The number of methoxy groups -OCH3 is 1. The molecule has 1 aromatic carbocycles. The van der Waals surface area contributed by atoms with Crippen LogP contribution in [0.15, 0.2) is 34.7 Å². The first-order valence-electron chi connectivity index (χ1n) is 6.99. The monoisotopic (exact) mass is 350 g/mol. The number of fused-ring (bicyclic) bond motifs is 1. The Bertz CT molecular complexity index is 877. The van der Waals surface area contributed by atoms with Crippen molar-refractivity contribution in [2.75, 3.05) is 25.6 Å². The molecule has 0 atom stereocenters. The number of anilines is 1. The Morgan fingerprint density at radius 1 is 1.43 bits per heavy atom. The summed E-state index contributed by atoms with van der Waals surface area (Å²) in [6.07, 6.45) is 1.54. The van der Waals surface area contributed by atoms with Gasteiger partial charge in [0.15, 0.2) is 5.13 Å². The molecule has 0 aliphatic carbocycles. The van der Waals surface area contributed by atoms with Crippen molar-refractivity contribution in [1.82, 2.24) is 14.5 Å². The third kappa shape index (κ3) is 3.69. The Labute approximate surface area is 141 Å². The van der Waals surface area contributed by atoms with Crippen LogP contribution in [0.25, 0.3) is 10.9 Å². The summed E-state index contributed by atoms with van der Waals surface area (Å²) in [5.74, 6) is 0. The van der Waals surface area contributed by atoms with Crippen LogP contribution in [0.3, 0.4) is 0 Å². The molecule has 0 aliphatic rings. The average Bonchev–Trinajstić information content (AvgIpc) is 2.98. The molecule has 2 heterocycles. The zero-order valence-electron chi connectivity index (χ0n) is 12.5. The van der Waals surface area contributed by atoms with Crippen LogP contribution in [0, 0.1) is 0 Å². The molecule has 23 heavy (non-hydrogen) atoms. The van der Waals surface area contributed by atoms with Crippen molar-refractivity contribution in [3.8, 4) is 0 Å². The van der Waals surface area contributed by atoms with Crippen molar-refractivity contribution in [1.29, 1.82) is 0 Å². The van der Waals surface area contributed by atoms with E-state index in [0.29, 0.717) is 35.6 Å². The summed E-state index contributed by atoms with van der Waals surface area (Å²) in [7, 11) is 1.65. The highest BCUT2D eigenvalue weighted by atomic mass is 35.5. The van der Waals surface area contributed by atoms with Crippen LogP contribution >= 0.6 is 22.9 Å². The van der Waals surface area contributed by atoms with Gasteiger partial charge in [-0.15, -0.1) is 11.3 Å². The quantitative estimate of drug-likeness (QED) is 0.692. The molecule has 0 aliphatic heterocycles. The minimum Gasteiger partial charge on any atom is -0.383 e. The number of halogens is 1. The van der Waals surface area contributed by atoms with Crippen molar-refractivity contribution in [2.24, 2.45) is 0 Å². The molecule has 3 aromatic rings. The molecular formula is C15H15ClN4O2S. The lowest BCUT2D eigenvalue weighted by molar-refractivity contribution is 0.211. The third-order valence-electron chi connectivity index (χ3n) is 3.25. The SMILES string of the molecule is COCCNc1nc(Cn2cnc3ccc(Cl)cc3c2=O)cs1. The molecule has 3 rings (SSSR count). The summed E-state index contributed by atoms with van der Waals surface area (Å²) in [6.45, 7) is 1.68. The van der Waals surface area contributed by atoms with Gasteiger partial charge in [0.1, 0.15) is 0 Å². The highest BCUT2D eigenvalue weighted by Gasteiger charge is 2.08. The zero-order chi connectivity index (χ0) is 16.2. The number of hydrogen-bond acceptors (Lipinski definition) is 6. The normalized spacial score (nSPS) is 11.0. The Kier molecular flexibility index (Phi) is 4.90. The van der Waals surface area contributed by atoms with Crippen LogP contribution in [0.1, 0.15) is 5.69 Å². The first-order valence-corrected chi connectivity index (χ1v) is 8.25. The molecule has 6 nitrogen and oxygen atoms in total. The van der Waals surface area contributed by atoms with Crippen LogP contribution < -0.4 is 10.9 Å². The number of thiazole rings is 1. The minimum atomic E-state index is -0.126. The second kappa shape index (κ2) is 7.08. The van der Waals surface area contributed by atoms with E-state index in [9.17, 15) is 4.79 Å². The van der Waals surface area contributed by atoms with Gasteiger partial charge < -0.3 is 10.1 Å². The zero-order valence-corrected chi connectivity index (χ0v) is 14.0. The van der Waals surface area contributed by atoms with Crippen molar-refractivity contribution >= 4 is 39.0 Å².